The second-order valence-corrected chi connectivity index (χ2v) is 7.48. The first-order valence-corrected chi connectivity index (χ1v) is 9.47. The van der Waals surface area contributed by atoms with Gasteiger partial charge in [-0.05, 0) is 50.4 Å². The molecule has 2 heterocycles. The molecule has 0 spiro atoms. The fourth-order valence-electron chi connectivity index (χ4n) is 4.18. The number of piperidine rings is 1. The summed E-state index contributed by atoms with van der Waals surface area (Å²) in [5.74, 6) is 1.19. The summed E-state index contributed by atoms with van der Waals surface area (Å²) < 4.78 is 11.4. The van der Waals surface area contributed by atoms with Crippen LogP contribution in [0.15, 0.2) is 0 Å². The van der Waals surface area contributed by atoms with Crippen molar-refractivity contribution in [2.45, 2.75) is 63.5 Å². The van der Waals surface area contributed by atoms with E-state index in [1.807, 2.05) is 4.90 Å². The van der Waals surface area contributed by atoms with E-state index in [1.165, 1.54) is 25.7 Å². The Balaban J connectivity index is 0.00000208. The van der Waals surface area contributed by atoms with Gasteiger partial charge in [-0.1, -0.05) is 12.8 Å². The Morgan fingerprint density at radius 2 is 1.71 bits per heavy atom. The molecule has 0 aromatic heterocycles. The van der Waals surface area contributed by atoms with E-state index in [9.17, 15) is 4.79 Å². The fourth-order valence-corrected chi connectivity index (χ4v) is 4.18. The molecule has 5 nitrogen and oxygen atoms in total. The third-order valence-corrected chi connectivity index (χ3v) is 5.86. The van der Waals surface area contributed by atoms with Gasteiger partial charge in [-0.25, -0.2) is 0 Å². The van der Waals surface area contributed by atoms with Crippen molar-refractivity contribution >= 4 is 18.3 Å². The number of hydrogen-bond acceptors (Lipinski definition) is 4. The maximum atomic E-state index is 12.6. The summed E-state index contributed by atoms with van der Waals surface area (Å²) in [4.78, 5) is 14.5. The van der Waals surface area contributed by atoms with Crippen LogP contribution < -0.4 is 5.73 Å². The van der Waals surface area contributed by atoms with Crippen LogP contribution in [0.2, 0.25) is 0 Å². The molecule has 2 N–H and O–H groups in total. The van der Waals surface area contributed by atoms with Gasteiger partial charge in [0, 0.05) is 32.9 Å². The number of likely N-dealkylation sites (tertiary alicyclic amines) is 1. The molecule has 1 atom stereocenters. The average molecular weight is 361 g/mol. The minimum Gasteiger partial charge on any atom is -0.381 e. The number of halogens is 1. The standard InChI is InChI=1S/C18H32N2O3.ClH/c19-17(15-7-11-22-12-8-15)18(21)20-9-5-16(6-10-20)23-13-14-3-1-2-4-14;/h14-17H,1-13,19H2;1H. The molecular weight excluding hydrogens is 328 g/mol. The number of nitrogens with two attached hydrogens (primary N) is 1. The van der Waals surface area contributed by atoms with Crippen LogP contribution in [0.4, 0.5) is 0 Å². The Labute approximate surface area is 152 Å². The molecule has 2 aliphatic heterocycles. The smallest absolute Gasteiger partial charge is 0.239 e. The third kappa shape index (κ3) is 5.32. The van der Waals surface area contributed by atoms with Crippen LogP contribution in [-0.2, 0) is 14.3 Å². The molecule has 2 saturated heterocycles. The lowest BCUT2D eigenvalue weighted by atomic mass is 9.91. The summed E-state index contributed by atoms with van der Waals surface area (Å²) in [5, 5.41) is 0. The van der Waals surface area contributed by atoms with Crippen molar-refractivity contribution < 1.29 is 14.3 Å². The van der Waals surface area contributed by atoms with E-state index >= 15 is 0 Å². The van der Waals surface area contributed by atoms with Gasteiger partial charge in [-0.2, -0.15) is 0 Å². The number of carbonyl (C=O) groups is 1. The van der Waals surface area contributed by atoms with Gasteiger partial charge in [-0.15, -0.1) is 12.4 Å². The average Bonchev–Trinajstić information content (AvgIpc) is 3.13. The molecule has 140 valence electrons. The van der Waals surface area contributed by atoms with Crippen molar-refractivity contribution in [1.82, 2.24) is 4.90 Å². The Morgan fingerprint density at radius 1 is 1.08 bits per heavy atom. The quantitative estimate of drug-likeness (QED) is 0.817. The van der Waals surface area contributed by atoms with Gasteiger partial charge in [0.25, 0.3) is 0 Å². The van der Waals surface area contributed by atoms with Crippen molar-refractivity contribution in [3.63, 3.8) is 0 Å². The van der Waals surface area contributed by atoms with Crippen LogP contribution in [0.25, 0.3) is 0 Å². The Hall–Kier alpha value is -0.360. The largest absolute Gasteiger partial charge is 0.381 e. The van der Waals surface area contributed by atoms with Crippen LogP contribution in [0.1, 0.15) is 51.4 Å². The van der Waals surface area contributed by atoms with Gasteiger partial charge < -0.3 is 20.1 Å². The van der Waals surface area contributed by atoms with E-state index in [1.54, 1.807) is 0 Å². The van der Waals surface area contributed by atoms with Gasteiger partial charge in [0.15, 0.2) is 0 Å². The van der Waals surface area contributed by atoms with Crippen LogP contribution in [0.3, 0.4) is 0 Å². The van der Waals surface area contributed by atoms with Crippen molar-refractivity contribution in [3.8, 4) is 0 Å². The lowest BCUT2D eigenvalue weighted by Crippen LogP contribution is -2.51. The Bertz CT molecular complexity index is 376. The lowest BCUT2D eigenvalue weighted by Gasteiger charge is -2.36. The van der Waals surface area contributed by atoms with Crippen molar-refractivity contribution in [2.75, 3.05) is 32.9 Å². The van der Waals surface area contributed by atoms with Crippen LogP contribution in [0, 0.1) is 11.8 Å². The predicted octanol–water partition coefficient (Wildman–Crippen LogP) is 2.36. The van der Waals surface area contributed by atoms with Crippen molar-refractivity contribution in [2.24, 2.45) is 17.6 Å². The van der Waals surface area contributed by atoms with Gasteiger partial charge in [0.05, 0.1) is 12.1 Å². The maximum absolute atomic E-state index is 12.6. The van der Waals surface area contributed by atoms with Gasteiger partial charge in [0.1, 0.15) is 0 Å². The highest BCUT2D eigenvalue weighted by molar-refractivity contribution is 5.85. The topological polar surface area (TPSA) is 64.8 Å². The monoisotopic (exact) mass is 360 g/mol. The molecule has 0 aromatic rings. The number of carbonyl (C=O) groups excluding carboxylic acids is 1. The zero-order valence-electron chi connectivity index (χ0n) is 14.7. The summed E-state index contributed by atoms with van der Waals surface area (Å²) in [7, 11) is 0. The van der Waals surface area contributed by atoms with Gasteiger partial charge in [0.2, 0.25) is 5.91 Å². The molecule has 1 saturated carbocycles. The molecule has 1 amide bonds. The van der Waals surface area contributed by atoms with Crippen LogP contribution in [-0.4, -0.2) is 55.9 Å². The molecule has 3 rings (SSSR count). The highest BCUT2D eigenvalue weighted by atomic mass is 35.5. The maximum Gasteiger partial charge on any atom is 0.239 e. The molecule has 6 heteroatoms. The first-order chi connectivity index (χ1) is 11.2. The molecule has 1 aliphatic carbocycles. The molecular formula is C18H33ClN2O3. The number of amides is 1. The number of nitrogens with zero attached hydrogens (tertiary/aromatic N) is 1. The lowest BCUT2D eigenvalue weighted by molar-refractivity contribution is -0.137. The first-order valence-electron chi connectivity index (χ1n) is 9.47. The van der Waals surface area contributed by atoms with E-state index in [0.717, 1.165) is 64.5 Å². The van der Waals surface area contributed by atoms with Crippen LogP contribution in [0.5, 0.6) is 0 Å². The van der Waals surface area contributed by atoms with Gasteiger partial charge in [-0.3, -0.25) is 4.79 Å². The van der Waals surface area contributed by atoms with Crippen LogP contribution >= 0.6 is 12.4 Å². The van der Waals surface area contributed by atoms with Gasteiger partial charge >= 0.3 is 0 Å². The summed E-state index contributed by atoms with van der Waals surface area (Å²) in [6.07, 6.45) is 9.46. The summed E-state index contributed by atoms with van der Waals surface area (Å²) in [6, 6.07) is -0.352. The van der Waals surface area contributed by atoms with E-state index < -0.39 is 0 Å². The van der Waals surface area contributed by atoms with E-state index in [-0.39, 0.29) is 30.3 Å². The third-order valence-electron chi connectivity index (χ3n) is 5.86. The molecule has 1 unspecified atom stereocenters. The fraction of sp³-hybridized carbons (Fsp3) is 0.944. The van der Waals surface area contributed by atoms with E-state index in [0.29, 0.717) is 6.10 Å². The Morgan fingerprint density at radius 3 is 2.33 bits per heavy atom. The molecule has 24 heavy (non-hydrogen) atoms. The summed E-state index contributed by atoms with van der Waals surface area (Å²) in [5.41, 5.74) is 6.22. The minimum atomic E-state index is -0.352. The Kier molecular flexibility index (Phi) is 8.28. The first kappa shape index (κ1) is 20.0. The molecule has 0 bridgehead atoms. The molecule has 0 radical (unpaired) electrons. The molecule has 3 aliphatic rings. The van der Waals surface area contributed by atoms with E-state index in [4.69, 9.17) is 15.2 Å². The number of hydrogen-bond donors (Lipinski definition) is 1. The highest BCUT2D eigenvalue weighted by Crippen LogP contribution is 2.26. The number of ether oxygens (including phenoxy) is 2. The SMILES string of the molecule is Cl.NC(C(=O)N1CCC(OCC2CCCC2)CC1)C1CCOCC1. The predicted molar refractivity (Wildman–Crippen MR) is 96.3 cm³/mol. The summed E-state index contributed by atoms with van der Waals surface area (Å²) >= 11 is 0. The zero-order valence-corrected chi connectivity index (χ0v) is 15.5. The second kappa shape index (κ2) is 9.95. The molecule has 3 fully saturated rings. The van der Waals surface area contributed by atoms with Crippen molar-refractivity contribution in [1.29, 1.82) is 0 Å². The minimum absolute atomic E-state index is 0. The normalized spacial score (nSPS) is 25.5. The highest BCUT2D eigenvalue weighted by Gasteiger charge is 2.32. The zero-order chi connectivity index (χ0) is 16.1. The second-order valence-electron chi connectivity index (χ2n) is 7.48. The summed E-state index contributed by atoms with van der Waals surface area (Å²) in [6.45, 7) is 3.99. The number of rotatable bonds is 5. The molecule has 0 aromatic carbocycles. The van der Waals surface area contributed by atoms with Crippen molar-refractivity contribution in [3.05, 3.63) is 0 Å². The van der Waals surface area contributed by atoms with E-state index in [2.05, 4.69) is 0 Å².